The van der Waals surface area contributed by atoms with Gasteiger partial charge in [0.25, 0.3) is 9.76 Å². The topological polar surface area (TPSA) is 20.2 Å². The normalized spacial score (nSPS) is 9.90. The van der Waals surface area contributed by atoms with Gasteiger partial charge in [0.2, 0.25) is 0 Å². The summed E-state index contributed by atoms with van der Waals surface area (Å²) in [5, 5.41) is 1.06. The molecule has 0 amide bonds. The fraction of sp³-hybridized carbons (Fsp3) is 0.250. The standard InChI is InChI=1S/C8H10OSi/c1-6-4-3-5-8(10-9)7(6)2/h3-5,9H,1-2H3. The molecule has 0 atom stereocenters. The van der Waals surface area contributed by atoms with Crippen molar-refractivity contribution in [2.24, 2.45) is 0 Å². The molecule has 1 aromatic carbocycles. The first-order valence-corrected chi connectivity index (χ1v) is 4.16. The van der Waals surface area contributed by atoms with Crippen LogP contribution in [-0.2, 0) is 0 Å². The van der Waals surface area contributed by atoms with Gasteiger partial charge >= 0.3 is 0 Å². The quantitative estimate of drug-likeness (QED) is 0.579. The van der Waals surface area contributed by atoms with E-state index in [1.54, 1.807) is 0 Å². The summed E-state index contributed by atoms with van der Waals surface area (Å²) >= 11 is 0. The zero-order valence-electron chi connectivity index (χ0n) is 6.18. The van der Waals surface area contributed by atoms with Crippen LogP contribution in [0.3, 0.4) is 0 Å². The third-order valence-corrected chi connectivity index (χ3v) is 2.51. The Morgan fingerprint density at radius 2 is 2.00 bits per heavy atom. The zero-order valence-corrected chi connectivity index (χ0v) is 7.18. The average molecular weight is 150 g/mol. The molecule has 0 aliphatic rings. The molecule has 0 bridgehead atoms. The molecule has 2 heteroatoms. The fourth-order valence-corrected chi connectivity index (χ4v) is 1.41. The second-order valence-corrected chi connectivity index (χ2v) is 3.12. The van der Waals surface area contributed by atoms with Crippen molar-refractivity contribution >= 4 is 14.9 Å². The van der Waals surface area contributed by atoms with Crippen molar-refractivity contribution in [1.82, 2.24) is 0 Å². The second-order valence-electron chi connectivity index (χ2n) is 2.36. The van der Waals surface area contributed by atoms with Crippen LogP contribution in [0.25, 0.3) is 0 Å². The highest BCUT2D eigenvalue weighted by atomic mass is 28.2. The molecule has 0 spiro atoms. The van der Waals surface area contributed by atoms with Gasteiger partial charge in [0.1, 0.15) is 0 Å². The monoisotopic (exact) mass is 150 g/mol. The lowest BCUT2D eigenvalue weighted by Gasteiger charge is -2.02. The first kappa shape index (κ1) is 7.50. The van der Waals surface area contributed by atoms with Crippen LogP contribution < -0.4 is 5.19 Å². The van der Waals surface area contributed by atoms with Gasteiger partial charge in [-0.3, -0.25) is 0 Å². The van der Waals surface area contributed by atoms with Gasteiger partial charge < -0.3 is 4.80 Å². The van der Waals surface area contributed by atoms with E-state index in [1.807, 2.05) is 19.1 Å². The molecule has 2 radical (unpaired) electrons. The SMILES string of the molecule is Cc1cccc([Si]O)c1C. The first-order valence-electron chi connectivity index (χ1n) is 3.22. The molecule has 0 aliphatic carbocycles. The summed E-state index contributed by atoms with van der Waals surface area (Å²) in [4.78, 5) is 8.87. The molecule has 1 aromatic rings. The van der Waals surface area contributed by atoms with Gasteiger partial charge in [0.15, 0.2) is 0 Å². The van der Waals surface area contributed by atoms with E-state index in [0.29, 0.717) is 0 Å². The molecular formula is C8H10OSi. The highest BCUT2D eigenvalue weighted by molar-refractivity contribution is 6.46. The van der Waals surface area contributed by atoms with E-state index >= 15 is 0 Å². The van der Waals surface area contributed by atoms with E-state index in [-0.39, 0.29) is 9.76 Å². The van der Waals surface area contributed by atoms with E-state index in [2.05, 4.69) is 13.0 Å². The van der Waals surface area contributed by atoms with Gasteiger partial charge in [-0.1, -0.05) is 18.2 Å². The number of rotatable bonds is 1. The van der Waals surface area contributed by atoms with Crippen molar-refractivity contribution in [2.45, 2.75) is 13.8 Å². The molecule has 1 rings (SSSR count). The van der Waals surface area contributed by atoms with E-state index in [4.69, 9.17) is 4.80 Å². The Balaban J connectivity index is 3.14. The molecule has 0 aliphatic heterocycles. The first-order chi connectivity index (χ1) is 4.75. The van der Waals surface area contributed by atoms with Gasteiger partial charge in [0, 0.05) is 0 Å². The average Bonchev–Trinajstić information content (AvgIpc) is 1.95. The second kappa shape index (κ2) is 2.99. The van der Waals surface area contributed by atoms with E-state index in [9.17, 15) is 0 Å². The Morgan fingerprint density at radius 1 is 1.30 bits per heavy atom. The van der Waals surface area contributed by atoms with Crippen LogP contribution in [0.1, 0.15) is 11.1 Å². The van der Waals surface area contributed by atoms with Crippen LogP contribution in [0.5, 0.6) is 0 Å². The van der Waals surface area contributed by atoms with Gasteiger partial charge in [-0.05, 0) is 30.2 Å². The number of hydrogen-bond donors (Lipinski definition) is 1. The highest BCUT2D eigenvalue weighted by Gasteiger charge is 1.98. The van der Waals surface area contributed by atoms with Crippen LogP contribution in [0.2, 0.25) is 0 Å². The molecular weight excluding hydrogens is 140 g/mol. The lowest BCUT2D eigenvalue weighted by atomic mass is 10.1. The summed E-state index contributed by atoms with van der Waals surface area (Å²) < 4.78 is 0. The third-order valence-electron chi connectivity index (χ3n) is 1.73. The molecule has 0 saturated heterocycles. The Kier molecular flexibility index (Phi) is 2.24. The van der Waals surface area contributed by atoms with E-state index < -0.39 is 0 Å². The van der Waals surface area contributed by atoms with Crippen molar-refractivity contribution in [3.8, 4) is 0 Å². The lowest BCUT2D eigenvalue weighted by molar-refractivity contribution is 0.615. The van der Waals surface area contributed by atoms with Crippen LogP contribution in [0, 0.1) is 13.8 Å². The number of benzene rings is 1. The van der Waals surface area contributed by atoms with Crippen LogP contribution >= 0.6 is 0 Å². The van der Waals surface area contributed by atoms with Gasteiger partial charge in [-0.25, -0.2) is 0 Å². The largest absolute Gasteiger partial charge is 0.428 e. The Bertz CT molecular complexity index is 233. The number of hydrogen-bond acceptors (Lipinski definition) is 1. The molecule has 0 fully saturated rings. The van der Waals surface area contributed by atoms with Gasteiger partial charge in [-0.15, -0.1) is 0 Å². The minimum Gasteiger partial charge on any atom is -0.428 e. The summed E-state index contributed by atoms with van der Waals surface area (Å²) in [7, 11) is -0.0747. The predicted molar refractivity (Wildman–Crippen MR) is 43.5 cm³/mol. The minimum atomic E-state index is -0.0747. The molecule has 0 heterocycles. The van der Waals surface area contributed by atoms with Crippen molar-refractivity contribution in [1.29, 1.82) is 0 Å². The molecule has 1 N–H and O–H groups in total. The van der Waals surface area contributed by atoms with Crippen molar-refractivity contribution < 1.29 is 4.80 Å². The van der Waals surface area contributed by atoms with Crippen molar-refractivity contribution in [2.75, 3.05) is 0 Å². The van der Waals surface area contributed by atoms with E-state index in [1.165, 1.54) is 11.1 Å². The predicted octanol–water partition coefficient (Wildman–Crippen LogP) is 0.540. The lowest BCUT2D eigenvalue weighted by Crippen LogP contribution is -2.17. The Morgan fingerprint density at radius 3 is 2.50 bits per heavy atom. The summed E-state index contributed by atoms with van der Waals surface area (Å²) in [5.41, 5.74) is 2.46. The summed E-state index contributed by atoms with van der Waals surface area (Å²) in [6.45, 7) is 4.09. The minimum absolute atomic E-state index is 0.0747. The number of aryl methyl sites for hydroxylation is 1. The van der Waals surface area contributed by atoms with Crippen molar-refractivity contribution in [3.63, 3.8) is 0 Å². The highest BCUT2D eigenvalue weighted by Crippen LogP contribution is 2.00. The van der Waals surface area contributed by atoms with Crippen LogP contribution in [-0.4, -0.2) is 14.6 Å². The van der Waals surface area contributed by atoms with Gasteiger partial charge in [0.05, 0.1) is 0 Å². The third kappa shape index (κ3) is 1.28. The molecule has 1 nitrogen and oxygen atoms in total. The molecule has 0 aromatic heterocycles. The summed E-state index contributed by atoms with van der Waals surface area (Å²) in [5.74, 6) is 0. The van der Waals surface area contributed by atoms with Gasteiger partial charge in [-0.2, -0.15) is 0 Å². The van der Waals surface area contributed by atoms with Crippen LogP contribution in [0.15, 0.2) is 18.2 Å². The smallest absolute Gasteiger partial charge is 0.265 e. The van der Waals surface area contributed by atoms with Crippen molar-refractivity contribution in [3.05, 3.63) is 29.3 Å². The maximum Gasteiger partial charge on any atom is 0.265 e. The Labute approximate surface area is 63.7 Å². The van der Waals surface area contributed by atoms with Crippen LogP contribution in [0.4, 0.5) is 0 Å². The zero-order chi connectivity index (χ0) is 7.56. The molecule has 0 saturated carbocycles. The summed E-state index contributed by atoms with van der Waals surface area (Å²) in [6, 6.07) is 5.99. The fourth-order valence-electron chi connectivity index (χ4n) is 0.872. The molecule has 10 heavy (non-hydrogen) atoms. The maximum atomic E-state index is 8.87. The molecule has 52 valence electrons. The van der Waals surface area contributed by atoms with E-state index in [0.717, 1.165) is 5.19 Å². The summed E-state index contributed by atoms with van der Waals surface area (Å²) in [6.07, 6.45) is 0. The Hall–Kier alpha value is -0.603. The maximum absolute atomic E-state index is 8.87. The molecule has 0 unspecified atom stereocenters.